The maximum Gasteiger partial charge on any atom is 0.109 e. The Balaban J connectivity index is 2.61. The van der Waals surface area contributed by atoms with Crippen LogP contribution in [0.4, 0.5) is 0 Å². The fraction of sp³-hybridized carbons (Fsp3) is 0.900. The minimum Gasteiger partial charge on any atom is -0.391 e. The largest absolute Gasteiger partial charge is 0.391 e. The Kier molecular flexibility index (Phi) is 3.29. The zero-order valence-corrected chi connectivity index (χ0v) is 8.29. The molecule has 1 aliphatic heterocycles. The molecule has 0 saturated carbocycles. The third-order valence-corrected chi connectivity index (χ3v) is 2.61. The lowest BCUT2D eigenvalue weighted by molar-refractivity contribution is 0.0362. The summed E-state index contributed by atoms with van der Waals surface area (Å²) in [7, 11) is 0. The Morgan fingerprint density at radius 3 is 2.69 bits per heavy atom. The first-order chi connectivity index (χ1) is 6.10. The zero-order valence-electron chi connectivity index (χ0n) is 8.29. The molecule has 74 valence electrons. The van der Waals surface area contributed by atoms with E-state index in [1.807, 2.05) is 13.8 Å². The molecule has 1 rings (SSSR count). The van der Waals surface area contributed by atoms with E-state index in [4.69, 9.17) is 10.00 Å². The summed E-state index contributed by atoms with van der Waals surface area (Å²) in [5.41, 5.74) is -0.635. The standard InChI is InChI=1S/C10H17NO2/c1-8(2)5-9(12)10(6-11)3-4-13-7-10/h8-9,12H,3-5,7H2,1-2H3. The number of aliphatic hydroxyl groups is 1. The van der Waals surface area contributed by atoms with Crippen LogP contribution in [0.5, 0.6) is 0 Å². The predicted molar refractivity (Wildman–Crippen MR) is 48.9 cm³/mol. The van der Waals surface area contributed by atoms with E-state index in [9.17, 15) is 5.11 Å². The summed E-state index contributed by atoms with van der Waals surface area (Å²) in [6.07, 6.45) is 0.800. The minimum atomic E-state index is -0.635. The number of nitrogens with zero attached hydrogens (tertiary/aromatic N) is 1. The number of ether oxygens (including phenoxy) is 1. The summed E-state index contributed by atoms with van der Waals surface area (Å²) in [4.78, 5) is 0. The Labute approximate surface area is 79.3 Å². The van der Waals surface area contributed by atoms with E-state index < -0.39 is 11.5 Å². The van der Waals surface area contributed by atoms with E-state index in [0.717, 1.165) is 0 Å². The molecule has 3 heteroatoms. The lowest BCUT2D eigenvalue weighted by Gasteiger charge is -2.26. The third kappa shape index (κ3) is 2.20. The summed E-state index contributed by atoms with van der Waals surface area (Å²) in [6.45, 7) is 5.08. The number of rotatable bonds is 3. The smallest absolute Gasteiger partial charge is 0.109 e. The third-order valence-electron chi connectivity index (χ3n) is 2.61. The molecule has 13 heavy (non-hydrogen) atoms. The summed E-state index contributed by atoms with van der Waals surface area (Å²) in [6, 6.07) is 2.21. The summed E-state index contributed by atoms with van der Waals surface area (Å²) < 4.78 is 5.17. The van der Waals surface area contributed by atoms with Gasteiger partial charge in [-0.1, -0.05) is 13.8 Å². The molecular weight excluding hydrogens is 166 g/mol. The van der Waals surface area contributed by atoms with Crippen LogP contribution in [0.15, 0.2) is 0 Å². The molecule has 0 amide bonds. The molecule has 1 saturated heterocycles. The van der Waals surface area contributed by atoms with Crippen molar-refractivity contribution in [2.75, 3.05) is 13.2 Å². The van der Waals surface area contributed by atoms with Crippen LogP contribution in [0.25, 0.3) is 0 Å². The van der Waals surface area contributed by atoms with E-state index >= 15 is 0 Å². The van der Waals surface area contributed by atoms with E-state index in [0.29, 0.717) is 32.0 Å². The van der Waals surface area contributed by atoms with E-state index in [2.05, 4.69) is 6.07 Å². The topological polar surface area (TPSA) is 53.2 Å². The van der Waals surface area contributed by atoms with Gasteiger partial charge >= 0.3 is 0 Å². The van der Waals surface area contributed by atoms with Crippen molar-refractivity contribution in [3.8, 4) is 6.07 Å². The van der Waals surface area contributed by atoms with Crippen molar-refractivity contribution in [1.82, 2.24) is 0 Å². The van der Waals surface area contributed by atoms with E-state index in [-0.39, 0.29) is 0 Å². The predicted octanol–water partition coefficient (Wildman–Crippen LogP) is 1.32. The molecule has 0 bridgehead atoms. The van der Waals surface area contributed by atoms with Crippen LogP contribution in [-0.2, 0) is 4.74 Å². The molecule has 1 heterocycles. The lowest BCUT2D eigenvalue weighted by Crippen LogP contribution is -2.35. The summed E-state index contributed by atoms with van der Waals surface area (Å²) in [5.74, 6) is 0.417. The van der Waals surface area contributed by atoms with Gasteiger partial charge in [0.05, 0.1) is 18.8 Å². The Bertz CT molecular complexity index is 201. The second kappa shape index (κ2) is 4.08. The number of nitriles is 1. The van der Waals surface area contributed by atoms with Gasteiger partial charge in [-0.25, -0.2) is 0 Å². The first kappa shape index (κ1) is 10.5. The summed E-state index contributed by atoms with van der Waals surface area (Å²) in [5, 5.41) is 18.9. The van der Waals surface area contributed by atoms with Crippen LogP contribution < -0.4 is 0 Å². The molecule has 1 N–H and O–H groups in total. The van der Waals surface area contributed by atoms with Crippen molar-refractivity contribution in [3.05, 3.63) is 0 Å². The first-order valence-corrected chi connectivity index (χ1v) is 4.78. The SMILES string of the molecule is CC(C)CC(O)C1(C#N)CCOC1. The minimum absolute atomic E-state index is 0.386. The van der Waals surface area contributed by atoms with Gasteiger partial charge in [0.15, 0.2) is 0 Å². The molecule has 0 aromatic rings. The summed E-state index contributed by atoms with van der Waals surface area (Å²) >= 11 is 0. The highest BCUT2D eigenvalue weighted by Gasteiger charge is 2.42. The van der Waals surface area contributed by atoms with Crippen molar-refractivity contribution in [2.24, 2.45) is 11.3 Å². The molecule has 2 atom stereocenters. The van der Waals surface area contributed by atoms with Gasteiger partial charge in [0.2, 0.25) is 0 Å². The molecule has 3 nitrogen and oxygen atoms in total. The number of hydrogen-bond donors (Lipinski definition) is 1. The maximum atomic E-state index is 9.87. The Hall–Kier alpha value is -0.590. The van der Waals surface area contributed by atoms with E-state index in [1.54, 1.807) is 0 Å². The second-order valence-corrected chi connectivity index (χ2v) is 4.22. The van der Waals surface area contributed by atoms with Gasteiger partial charge in [0.1, 0.15) is 5.41 Å². The maximum absolute atomic E-state index is 9.87. The van der Waals surface area contributed by atoms with Crippen molar-refractivity contribution < 1.29 is 9.84 Å². The fourth-order valence-electron chi connectivity index (χ4n) is 1.68. The van der Waals surface area contributed by atoms with Gasteiger partial charge in [-0.05, 0) is 18.8 Å². The van der Waals surface area contributed by atoms with Crippen molar-refractivity contribution in [2.45, 2.75) is 32.8 Å². The van der Waals surface area contributed by atoms with Crippen molar-refractivity contribution in [1.29, 1.82) is 5.26 Å². The normalized spacial score (nSPS) is 30.4. The van der Waals surface area contributed by atoms with Gasteiger partial charge in [-0.3, -0.25) is 0 Å². The monoisotopic (exact) mass is 183 g/mol. The van der Waals surface area contributed by atoms with Gasteiger partial charge in [0.25, 0.3) is 0 Å². The molecular formula is C10H17NO2. The highest BCUT2D eigenvalue weighted by molar-refractivity contribution is 5.06. The number of hydrogen-bond acceptors (Lipinski definition) is 3. The number of aliphatic hydroxyl groups excluding tert-OH is 1. The zero-order chi connectivity index (χ0) is 9.90. The first-order valence-electron chi connectivity index (χ1n) is 4.78. The van der Waals surface area contributed by atoms with E-state index in [1.165, 1.54) is 0 Å². The molecule has 0 radical (unpaired) electrons. The quantitative estimate of drug-likeness (QED) is 0.718. The van der Waals surface area contributed by atoms with Crippen LogP contribution in [0, 0.1) is 22.7 Å². The van der Waals surface area contributed by atoms with Crippen LogP contribution in [-0.4, -0.2) is 24.4 Å². The highest BCUT2D eigenvalue weighted by Crippen LogP contribution is 2.34. The fourth-order valence-corrected chi connectivity index (χ4v) is 1.68. The molecule has 1 fully saturated rings. The van der Waals surface area contributed by atoms with Gasteiger partial charge in [-0.2, -0.15) is 5.26 Å². The Morgan fingerprint density at radius 1 is 1.62 bits per heavy atom. The van der Waals surface area contributed by atoms with Crippen molar-refractivity contribution >= 4 is 0 Å². The van der Waals surface area contributed by atoms with Crippen LogP contribution in [0.2, 0.25) is 0 Å². The van der Waals surface area contributed by atoms with Gasteiger partial charge in [-0.15, -0.1) is 0 Å². The molecule has 0 spiro atoms. The van der Waals surface area contributed by atoms with Gasteiger partial charge in [0, 0.05) is 6.61 Å². The molecule has 0 aliphatic carbocycles. The van der Waals surface area contributed by atoms with Crippen LogP contribution >= 0.6 is 0 Å². The second-order valence-electron chi connectivity index (χ2n) is 4.22. The lowest BCUT2D eigenvalue weighted by atomic mass is 9.79. The van der Waals surface area contributed by atoms with Crippen LogP contribution in [0.3, 0.4) is 0 Å². The molecule has 0 aromatic heterocycles. The molecule has 2 unspecified atom stereocenters. The van der Waals surface area contributed by atoms with Gasteiger partial charge < -0.3 is 9.84 Å². The van der Waals surface area contributed by atoms with Crippen LogP contribution in [0.1, 0.15) is 26.7 Å². The average Bonchev–Trinajstić information content (AvgIpc) is 2.51. The molecule has 1 aliphatic rings. The highest BCUT2D eigenvalue weighted by atomic mass is 16.5. The Morgan fingerprint density at radius 2 is 2.31 bits per heavy atom. The average molecular weight is 183 g/mol. The molecule has 0 aromatic carbocycles. The van der Waals surface area contributed by atoms with Crippen molar-refractivity contribution in [3.63, 3.8) is 0 Å².